The summed E-state index contributed by atoms with van der Waals surface area (Å²) >= 11 is 0. The smallest absolute Gasteiger partial charge is 0.269 e. The molecule has 4 rings (SSSR count). The second kappa shape index (κ2) is 6.16. The highest BCUT2D eigenvalue weighted by Gasteiger charge is 2.22. The van der Waals surface area contributed by atoms with E-state index in [1.54, 1.807) is 24.3 Å². The number of nitrogens with one attached hydrogen (secondary N) is 1. The Bertz CT molecular complexity index is 1020. The molecule has 2 heterocycles. The lowest BCUT2D eigenvalue weighted by Crippen LogP contribution is -2.43. The maximum absolute atomic E-state index is 13.0. The number of imidazole rings is 1. The van der Waals surface area contributed by atoms with E-state index in [1.165, 1.54) is 10.3 Å². The van der Waals surface area contributed by atoms with Crippen LogP contribution in [0.15, 0.2) is 53.7 Å². The lowest BCUT2D eigenvalue weighted by Gasteiger charge is -2.29. The molecule has 1 saturated heterocycles. The van der Waals surface area contributed by atoms with Gasteiger partial charge in [0.05, 0.1) is 16.1 Å². The predicted molar refractivity (Wildman–Crippen MR) is 98.6 cm³/mol. The monoisotopic (exact) mass is 356 g/mol. The summed E-state index contributed by atoms with van der Waals surface area (Å²) in [6, 6.07) is 12.6. The number of piperazine rings is 1. The minimum absolute atomic E-state index is 0.277. The molecule has 0 saturated carbocycles. The van der Waals surface area contributed by atoms with Crippen molar-refractivity contribution in [1.82, 2.24) is 14.3 Å². The highest BCUT2D eigenvalue weighted by Crippen LogP contribution is 2.28. The summed E-state index contributed by atoms with van der Waals surface area (Å²) in [4.78, 5) is 6.95. The lowest BCUT2D eigenvalue weighted by atomic mass is 10.2. The zero-order valence-electron chi connectivity index (χ0n) is 14.0. The van der Waals surface area contributed by atoms with Crippen LogP contribution in [-0.2, 0) is 10.0 Å². The average Bonchev–Trinajstić information content (AvgIpc) is 3.07. The van der Waals surface area contributed by atoms with Crippen molar-refractivity contribution in [3.8, 4) is 0 Å². The maximum atomic E-state index is 13.0. The average molecular weight is 356 g/mol. The second-order valence-corrected chi connectivity index (χ2v) is 8.06. The molecule has 1 N–H and O–H groups in total. The number of fused-ring (bicyclic) bond motifs is 1. The number of para-hydroxylation sites is 1. The van der Waals surface area contributed by atoms with Crippen LogP contribution in [0, 0.1) is 6.92 Å². The third-order valence-electron chi connectivity index (χ3n) is 4.53. The largest absolute Gasteiger partial charge is 0.367 e. The van der Waals surface area contributed by atoms with E-state index in [0.29, 0.717) is 5.52 Å². The fraction of sp³-hybridized carbons (Fsp3) is 0.278. The van der Waals surface area contributed by atoms with Gasteiger partial charge in [-0.15, -0.1) is 0 Å². The number of aromatic nitrogens is 2. The van der Waals surface area contributed by atoms with E-state index in [4.69, 9.17) is 0 Å². The summed E-state index contributed by atoms with van der Waals surface area (Å²) < 4.78 is 27.4. The summed E-state index contributed by atoms with van der Waals surface area (Å²) in [7, 11) is -3.67. The van der Waals surface area contributed by atoms with E-state index in [1.807, 2.05) is 25.1 Å². The van der Waals surface area contributed by atoms with Gasteiger partial charge in [0.1, 0.15) is 11.8 Å². The maximum Gasteiger partial charge on any atom is 0.269 e. The van der Waals surface area contributed by atoms with Gasteiger partial charge in [0, 0.05) is 26.2 Å². The van der Waals surface area contributed by atoms with Gasteiger partial charge in [-0.25, -0.2) is 17.4 Å². The van der Waals surface area contributed by atoms with Crippen molar-refractivity contribution in [2.45, 2.75) is 11.8 Å². The molecular weight excluding hydrogens is 336 g/mol. The molecule has 0 atom stereocenters. The quantitative estimate of drug-likeness (QED) is 0.777. The van der Waals surface area contributed by atoms with Gasteiger partial charge >= 0.3 is 0 Å². The van der Waals surface area contributed by atoms with Crippen molar-refractivity contribution in [3.63, 3.8) is 0 Å². The fourth-order valence-corrected chi connectivity index (χ4v) is 4.63. The van der Waals surface area contributed by atoms with E-state index in [-0.39, 0.29) is 4.90 Å². The van der Waals surface area contributed by atoms with Gasteiger partial charge in [-0.05, 0) is 36.8 Å². The third kappa shape index (κ3) is 2.79. The summed E-state index contributed by atoms with van der Waals surface area (Å²) in [5.74, 6) is 0. The van der Waals surface area contributed by atoms with Gasteiger partial charge in [0.25, 0.3) is 10.0 Å². The molecule has 1 aromatic heterocycles. The molecule has 130 valence electrons. The minimum Gasteiger partial charge on any atom is -0.367 e. The molecule has 1 fully saturated rings. The number of hydrogen-bond donors (Lipinski definition) is 1. The first-order valence-corrected chi connectivity index (χ1v) is 9.75. The van der Waals surface area contributed by atoms with Crippen LogP contribution in [-0.4, -0.2) is 43.6 Å². The number of rotatable bonds is 3. The first kappa shape index (κ1) is 16.1. The molecule has 25 heavy (non-hydrogen) atoms. The summed E-state index contributed by atoms with van der Waals surface area (Å²) in [5, 5.41) is 3.33. The van der Waals surface area contributed by atoms with Crippen LogP contribution in [0.5, 0.6) is 0 Å². The highest BCUT2D eigenvalue weighted by atomic mass is 32.2. The van der Waals surface area contributed by atoms with Crippen molar-refractivity contribution in [3.05, 3.63) is 54.4 Å². The topological polar surface area (TPSA) is 67.2 Å². The van der Waals surface area contributed by atoms with Crippen LogP contribution in [0.4, 0.5) is 5.69 Å². The van der Waals surface area contributed by atoms with Crippen LogP contribution in [0.1, 0.15) is 5.56 Å². The zero-order valence-corrected chi connectivity index (χ0v) is 14.8. The predicted octanol–water partition coefficient (Wildman–Crippen LogP) is 1.99. The zero-order chi connectivity index (χ0) is 17.4. The lowest BCUT2D eigenvalue weighted by molar-refractivity contribution is 0.588. The van der Waals surface area contributed by atoms with Crippen molar-refractivity contribution in [2.24, 2.45) is 0 Å². The normalized spacial score (nSPS) is 15.6. The molecule has 0 spiro atoms. The number of aryl methyl sites for hydroxylation is 1. The van der Waals surface area contributed by atoms with Gasteiger partial charge < -0.3 is 10.2 Å². The van der Waals surface area contributed by atoms with Crippen molar-refractivity contribution in [1.29, 1.82) is 0 Å². The highest BCUT2D eigenvalue weighted by molar-refractivity contribution is 7.90. The van der Waals surface area contributed by atoms with Gasteiger partial charge in [0.2, 0.25) is 0 Å². The Morgan fingerprint density at radius 1 is 1.08 bits per heavy atom. The molecule has 6 nitrogen and oxygen atoms in total. The van der Waals surface area contributed by atoms with Gasteiger partial charge in [0.15, 0.2) is 0 Å². The number of anilines is 1. The van der Waals surface area contributed by atoms with E-state index < -0.39 is 10.0 Å². The molecule has 0 bridgehead atoms. The first-order chi connectivity index (χ1) is 12.1. The summed E-state index contributed by atoms with van der Waals surface area (Å²) in [6.07, 6.45) is 1.41. The van der Waals surface area contributed by atoms with Crippen LogP contribution in [0.2, 0.25) is 0 Å². The Morgan fingerprint density at radius 3 is 2.60 bits per heavy atom. The number of benzene rings is 2. The van der Waals surface area contributed by atoms with Crippen LogP contribution in [0.3, 0.4) is 0 Å². The molecule has 3 aromatic rings. The standard InChI is InChI=1S/C18H20N4O2S/c1-14-4-2-5-15(12-14)25(23,24)22-13-20-18-16(6-3-7-17(18)22)21-10-8-19-9-11-21/h2-7,12-13,19H,8-11H2,1H3. The van der Waals surface area contributed by atoms with Crippen LogP contribution < -0.4 is 10.2 Å². The Balaban J connectivity index is 1.84. The Morgan fingerprint density at radius 2 is 1.84 bits per heavy atom. The SMILES string of the molecule is Cc1cccc(S(=O)(=O)n2cnc3c(N4CCNCC4)cccc32)c1. The second-order valence-electron chi connectivity index (χ2n) is 6.24. The number of hydrogen-bond acceptors (Lipinski definition) is 5. The number of nitrogens with zero attached hydrogens (tertiary/aromatic N) is 3. The molecule has 2 aromatic carbocycles. The molecule has 0 radical (unpaired) electrons. The Kier molecular flexibility index (Phi) is 3.97. The molecule has 1 aliphatic heterocycles. The van der Waals surface area contributed by atoms with Crippen molar-refractivity contribution >= 4 is 26.7 Å². The van der Waals surface area contributed by atoms with Crippen LogP contribution >= 0.6 is 0 Å². The van der Waals surface area contributed by atoms with Crippen molar-refractivity contribution < 1.29 is 8.42 Å². The van der Waals surface area contributed by atoms with Gasteiger partial charge in [-0.1, -0.05) is 18.2 Å². The van der Waals surface area contributed by atoms with Crippen molar-refractivity contribution in [2.75, 3.05) is 31.1 Å². The van der Waals surface area contributed by atoms with Crippen LogP contribution in [0.25, 0.3) is 11.0 Å². The van der Waals surface area contributed by atoms with E-state index in [0.717, 1.165) is 42.9 Å². The molecule has 1 aliphatic rings. The van der Waals surface area contributed by atoms with E-state index in [2.05, 4.69) is 15.2 Å². The minimum atomic E-state index is -3.67. The molecule has 0 unspecified atom stereocenters. The molecule has 7 heteroatoms. The molecule has 0 aliphatic carbocycles. The summed E-state index contributed by atoms with van der Waals surface area (Å²) in [6.45, 7) is 5.48. The Labute approximate surface area is 147 Å². The van der Waals surface area contributed by atoms with Gasteiger partial charge in [-0.3, -0.25) is 0 Å². The first-order valence-electron chi connectivity index (χ1n) is 8.31. The summed E-state index contributed by atoms with van der Waals surface area (Å²) in [5.41, 5.74) is 3.22. The molecular formula is C18H20N4O2S. The van der Waals surface area contributed by atoms with E-state index in [9.17, 15) is 8.42 Å². The Hall–Kier alpha value is -2.38. The van der Waals surface area contributed by atoms with E-state index >= 15 is 0 Å². The fourth-order valence-electron chi connectivity index (χ4n) is 3.24. The molecule has 0 amide bonds. The third-order valence-corrected chi connectivity index (χ3v) is 6.19. The van der Waals surface area contributed by atoms with Gasteiger partial charge in [-0.2, -0.15) is 0 Å².